The van der Waals surface area contributed by atoms with Gasteiger partial charge < -0.3 is 18.9 Å². The van der Waals surface area contributed by atoms with Crippen LogP contribution in [0.2, 0.25) is 0 Å². The highest BCUT2D eigenvalue weighted by atomic mass is 16.5. The van der Waals surface area contributed by atoms with E-state index in [4.69, 9.17) is 50.5 Å². The molecule has 16 nitrogen and oxygen atoms in total. The van der Waals surface area contributed by atoms with Crippen molar-refractivity contribution in [3.05, 3.63) is 116 Å². The average Bonchev–Trinajstić information content (AvgIpc) is 3.97. The molecule has 0 amide bonds. The van der Waals surface area contributed by atoms with Crippen molar-refractivity contribution in [2.75, 3.05) is 28.4 Å². The number of fused-ring (bicyclic) bond motifs is 9. The molecule has 6 aromatic rings. The predicted octanol–water partition coefficient (Wildman–Crippen LogP) is 5.72. The zero-order valence-electron chi connectivity index (χ0n) is 32.7. The minimum Gasteiger partial charge on any atom is -0.493 e. The summed E-state index contributed by atoms with van der Waals surface area (Å²) in [6.07, 6.45) is 1.74. The second kappa shape index (κ2) is 16.3. The number of aryl methyl sites for hydroxylation is 1. The van der Waals surface area contributed by atoms with Gasteiger partial charge in [0.15, 0.2) is 57.2 Å². The van der Waals surface area contributed by atoms with Gasteiger partial charge in [-0.05, 0) is 47.9 Å². The highest BCUT2D eigenvalue weighted by molar-refractivity contribution is 5.78. The Hall–Kier alpha value is -8.96. The molecule has 16 heteroatoms. The number of aromatic nitrogens is 6. The molecule has 0 radical (unpaired) electrons. The number of benzene rings is 3. The van der Waals surface area contributed by atoms with E-state index in [2.05, 4.69) is 29.9 Å². The minimum absolute atomic E-state index is 0.0406. The fraction of sp³-hybridized carbons (Fsp3) is 0.182. The number of ether oxygens (including phenoxy) is 4. The third kappa shape index (κ3) is 6.69. The van der Waals surface area contributed by atoms with Crippen molar-refractivity contribution in [1.82, 2.24) is 29.9 Å². The standard InChI is InChI=1S/2C15H10N4O2.C14H8N4/c1-20-13-4-8-3-10-15(9(8)5-14(13)21-2)19-12(7-17)11(6-16)18-10;1-20-13-4-3-8-9(15(13)21-2)5-10-14(8)19-12(7-17)11(6-16)18-10;1-8-3-2-4-9-10(8)5-11-14(9)18-13(7-16)12(6-15)17-11/h4-5H,3H2,1-2H3;3-4H,5H2,1-2H3;2-4H,5H2,1H3. The molecular formula is C44H28N12O4. The van der Waals surface area contributed by atoms with Gasteiger partial charge in [0.1, 0.15) is 36.4 Å². The average molecular weight is 789 g/mol. The Bertz CT molecular complexity index is 3040. The van der Waals surface area contributed by atoms with Gasteiger partial charge in [0, 0.05) is 41.5 Å². The molecule has 0 aliphatic heterocycles. The Kier molecular flexibility index (Phi) is 10.6. The molecule has 3 aromatic heterocycles. The summed E-state index contributed by atoms with van der Waals surface area (Å²) >= 11 is 0. The van der Waals surface area contributed by atoms with E-state index in [9.17, 15) is 0 Å². The molecule has 0 atom stereocenters. The topological polar surface area (TPSA) is 257 Å². The molecule has 0 saturated carbocycles. The first-order valence-electron chi connectivity index (χ1n) is 17.9. The summed E-state index contributed by atoms with van der Waals surface area (Å²) in [6, 6.07) is 24.8. The van der Waals surface area contributed by atoms with E-state index in [1.165, 1.54) is 11.1 Å². The van der Waals surface area contributed by atoms with E-state index >= 15 is 0 Å². The highest BCUT2D eigenvalue weighted by Crippen LogP contribution is 2.45. The van der Waals surface area contributed by atoms with E-state index in [1.54, 1.807) is 34.5 Å². The van der Waals surface area contributed by atoms with Crippen molar-refractivity contribution < 1.29 is 18.9 Å². The smallest absolute Gasteiger partial charge is 0.177 e. The van der Waals surface area contributed by atoms with Gasteiger partial charge in [0.05, 0.1) is 62.6 Å². The van der Waals surface area contributed by atoms with Crippen LogP contribution in [0.5, 0.6) is 23.0 Å². The SMILES string of the molecule is COc1cc2c(cc1OC)-c1nc(C#N)c(C#N)nc1C2.COc1ccc2c(c1OC)Cc1nc(C#N)c(C#N)nc1-2.Cc1cccc2c1Cc1nc(C#N)c(C#N)nc1-2. The van der Waals surface area contributed by atoms with E-state index in [1.807, 2.05) is 79.7 Å². The molecule has 9 rings (SSSR count). The van der Waals surface area contributed by atoms with Crippen LogP contribution in [-0.2, 0) is 19.3 Å². The Labute approximate surface area is 343 Å². The number of methoxy groups -OCH3 is 4. The predicted molar refractivity (Wildman–Crippen MR) is 210 cm³/mol. The van der Waals surface area contributed by atoms with Crippen molar-refractivity contribution in [1.29, 1.82) is 31.6 Å². The van der Waals surface area contributed by atoms with Crippen LogP contribution in [0.1, 0.15) is 73.5 Å². The maximum Gasteiger partial charge on any atom is 0.177 e. The lowest BCUT2D eigenvalue weighted by Crippen LogP contribution is -1.99. The van der Waals surface area contributed by atoms with Gasteiger partial charge in [-0.2, -0.15) is 31.6 Å². The number of rotatable bonds is 4. The molecule has 0 N–H and O–H groups in total. The summed E-state index contributed by atoms with van der Waals surface area (Å²) in [6.45, 7) is 2.04. The number of hydrogen-bond acceptors (Lipinski definition) is 16. The third-order valence-corrected chi connectivity index (χ3v) is 10.0. The summed E-state index contributed by atoms with van der Waals surface area (Å²) < 4.78 is 21.3. The van der Waals surface area contributed by atoms with Crippen molar-refractivity contribution in [3.63, 3.8) is 0 Å². The molecule has 288 valence electrons. The van der Waals surface area contributed by atoms with Gasteiger partial charge in [-0.1, -0.05) is 18.2 Å². The van der Waals surface area contributed by atoms with Crippen molar-refractivity contribution in [2.45, 2.75) is 26.2 Å². The van der Waals surface area contributed by atoms with Crippen molar-refractivity contribution in [2.24, 2.45) is 0 Å². The maximum absolute atomic E-state index is 9.06. The third-order valence-electron chi connectivity index (χ3n) is 10.0. The van der Waals surface area contributed by atoms with Gasteiger partial charge in [0.2, 0.25) is 0 Å². The fourth-order valence-electron chi connectivity index (χ4n) is 7.24. The van der Waals surface area contributed by atoms with Crippen LogP contribution in [0.3, 0.4) is 0 Å². The van der Waals surface area contributed by atoms with E-state index in [0.29, 0.717) is 65.0 Å². The summed E-state index contributed by atoms with van der Waals surface area (Å²) in [5, 5.41) is 54.1. The van der Waals surface area contributed by atoms with Gasteiger partial charge in [-0.3, -0.25) is 0 Å². The first-order chi connectivity index (χ1) is 29.2. The number of hydrogen-bond donors (Lipinski definition) is 0. The molecule has 3 aliphatic rings. The van der Waals surface area contributed by atoms with Gasteiger partial charge in [-0.15, -0.1) is 0 Å². The van der Waals surface area contributed by atoms with Crippen molar-refractivity contribution in [3.8, 4) is 93.2 Å². The van der Waals surface area contributed by atoms with Crippen LogP contribution in [-0.4, -0.2) is 58.3 Å². The normalized spacial score (nSPS) is 11.1. The lowest BCUT2D eigenvalue weighted by molar-refractivity contribution is 0.352. The van der Waals surface area contributed by atoms with Gasteiger partial charge >= 0.3 is 0 Å². The second-order valence-electron chi connectivity index (χ2n) is 13.1. The molecule has 60 heavy (non-hydrogen) atoms. The summed E-state index contributed by atoms with van der Waals surface area (Å²) in [5.41, 5.74) is 11.6. The Morgan fingerprint density at radius 1 is 0.450 bits per heavy atom. The Morgan fingerprint density at radius 3 is 1.37 bits per heavy atom. The monoisotopic (exact) mass is 788 g/mol. The Balaban J connectivity index is 0.000000137. The lowest BCUT2D eigenvalue weighted by Gasteiger charge is -2.11. The molecular weight excluding hydrogens is 761 g/mol. The molecule has 3 heterocycles. The first-order valence-corrected chi connectivity index (χ1v) is 17.9. The molecule has 3 aromatic carbocycles. The van der Waals surface area contributed by atoms with E-state index < -0.39 is 0 Å². The van der Waals surface area contributed by atoms with Crippen LogP contribution < -0.4 is 18.9 Å². The molecule has 0 bridgehead atoms. The summed E-state index contributed by atoms with van der Waals surface area (Å²) in [7, 11) is 6.28. The van der Waals surface area contributed by atoms with E-state index in [0.717, 1.165) is 39.2 Å². The maximum atomic E-state index is 9.06. The number of nitriles is 6. The van der Waals surface area contributed by atoms with Gasteiger partial charge in [-0.25, -0.2) is 29.9 Å². The molecule has 3 aliphatic carbocycles. The molecule has 0 saturated heterocycles. The zero-order valence-corrected chi connectivity index (χ0v) is 32.7. The van der Waals surface area contributed by atoms with Crippen LogP contribution in [0.25, 0.3) is 33.8 Å². The lowest BCUT2D eigenvalue weighted by atomic mass is 10.0. The largest absolute Gasteiger partial charge is 0.493 e. The zero-order chi connectivity index (χ0) is 42.7. The Morgan fingerprint density at radius 2 is 0.883 bits per heavy atom. The fourth-order valence-corrected chi connectivity index (χ4v) is 7.24. The molecule has 0 spiro atoms. The van der Waals surface area contributed by atoms with E-state index in [-0.39, 0.29) is 34.2 Å². The second-order valence-corrected chi connectivity index (χ2v) is 13.1. The minimum atomic E-state index is 0.0406. The molecule has 0 fully saturated rings. The quantitative estimate of drug-likeness (QED) is 0.207. The molecule has 0 unspecified atom stereocenters. The van der Waals surface area contributed by atoms with Gasteiger partial charge in [0.25, 0.3) is 0 Å². The highest BCUT2D eigenvalue weighted by Gasteiger charge is 2.29. The van der Waals surface area contributed by atoms with Crippen LogP contribution in [0.15, 0.2) is 42.5 Å². The summed E-state index contributed by atoms with van der Waals surface area (Å²) in [4.78, 5) is 25.6. The number of nitrogens with zero attached hydrogens (tertiary/aromatic N) is 12. The first kappa shape index (κ1) is 39.3. The summed E-state index contributed by atoms with van der Waals surface area (Å²) in [5.74, 6) is 2.48. The van der Waals surface area contributed by atoms with Crippen LogP contribution >= 0.6 is 0 Å². The van der Waals surface area contributed by atoms with Crippen LogP contribution in [0.4, 0.5) is 0 Å². The van der Waals surface area contributed by atoms with Crippen molar-refractivity contribution >= 4 is 0 Å². The van der Waals surface area contributed by atoms with Crippen LogP contribution in [0, 0.1) is 74.9 Å².